The van der Waals surface area contributed by atoms with Gasteiger partial charge in [-0.25, -0.2) is 4.79 Å². The van der Waals surface area contributed by atoms with Crippen molar-refractivity contribution in [2.45, 2.75) is 24.0 Å². The zero-order valence-electron chi connectivity index (χ0n) is 11.7. The molecule has 4 atom stereocenters. The average molecular weight is 299 g/mol. The van der Waals surface area contributed by atoms with Gasteiger partial charge >= 0.3 is 5.69 Å². The third-order valence-corrected chi connectivity index (χ3v) is 3.81. The highest BCUT2D eigenvalue weighted by Crippen LogP contribution is 2.41. The van der Waals surface area contributed by atoms with Crippen molar-refractivity contribution >= 4 is 0 Å². The minimum absolute atomic E-state index is 0.285. The number of hydroxylamine groups is 1. The molecule has 0 amide bonds. The molecule has 2 unspecified atom stereocenters. The Morgan fingerprint density at radius 2 is 2.29 bits per heavy atom. The lowest BCUT2D eigenvalue weighted by atomic mass is 9.94. The van der Waals surface area contributed by atoms with Crippen LogP contribution in [-0.4, -0.2) is 54.7 Å². The van der Waals surface area contributed by atoms with Gasteiger partial charge in [0, 0.05) is 26.5 Å². The molecule has 2 bridgehead atoms. The summed E-state index contributed by atoms with van der Waals surface area (Å²) in [5.41, 5.74) is 1.01. The van der Waals surface area contributed by atoms with Gasteiger partial charge in [0.1, 0.15) is 11.7 Å². The predicted octanol–water partition coefficient (Wildman–Crippen LogP) is -1.63. The van der Waals surface area contributed by atoms with Crippen molar-refractivity contribution in [3.8, 4) is 0 Å². The first-order chi connectivity index (χ1) is 10.1. The second kappa shape index (κ2) is 5.35. The molecule has 116 valence electrons. The Bertz CT molecular complexity index is 624. The fraction of sp³-hybridized carbons (Fsp3) is 0.667. The molecule has 1 aromatic rings. The topological polar surface area (TPSA) is 104 Å². The summed E-state index contributed by atoms with van der Waals surface area (Å²) in [5, 5.41) is 0. The van der Waals surface area contributed by atoms with Crippen LogP contribution in [0.2, 0.25) is 0 Å². The van der Waals surface area contributed by atoms with Crippen molar-refractivity contribution in [3.05, 3.63) is 33.1 Å². The lowest BCUT2D eigenvalue weighted by Crippen LogP contribution is -2.59. The molecular weight excluding hydrogens is 282 g/mol. The molecule has 3 heterocycles. The summed E-state index contributed by atoms with van der Waals surface area (Å²) in [6.45, 7) is 0.650. The Balaban J connectivity index is 2.01. The van der Waals surface area contributed by atoms with Gasteiger partial charge in [0.25, 0.3) is 5.56 Å². The fourth-order valence-corrected chi connectivity index (χ4v) is 2.95. The number of ether oxygens (including phenoxy) is 3. The minimum Gasteiger partial charge on any atom is -0.382 e. The Morgan fingerprint density at radius 1 is 1.48 bits per heavy atom. The molecule has 9 nitrogen and oxygen atoms in total. The number of nitrogens with one attached hydrogen (secondary N) is 2. The van der Waals surface area contributed by atoms with Crippen molar-refractivity contribution in [2.24, 2.45) is 0 Å². The molecule has 2 aliphatic heterocycles. The van der Waals surface area contributed by atoms with Gasteiger partial charge in [-0.15, -0.1) is 0 Å². The number of fused-ring (bicyclic) bond motifs is 2. The molecule has 0 saturated carbocycles. The third kappa shape index (κ3) is 2.23. The lowest BCUT2D eigenvalue weighted by Gasteiger charge is -2.36. The van der Waals surface area contributed by atoms with E-state index in [1.165, 1.54) is 16.8 Å². The second-order valence-corrected chi connectivity index (χ2v) is 5.08. The van der Waals surface area contributed by atoms with Crippen LogP contribution >= 0.6 is 0 Å². The maximum Gasteiger partial charge on any atom is 0.330 e. The summed E-state index contributed by atoms with van der Waals surface area (Å²) in [7, 11) is 3.12. The highest BCUT2D eigenvalue weighted by atomic mass is 16.7. The van der Waals surface area contributed by atoms with Gasteiger partial charge in [-0.2, -0.15) is 5.48 Å². The summed E-state index contributed by atoms with van der Waals surface area (Å²) in [5.74, 6) is 0. The van der Waals surface area contributed by atoms with Crippen LogP contribution in [0, 0.1) is 0 Å². The van der Waals surface area contributed by atoms with Gasteiger partial charge in [0.05, 0.1) is 13.2 Å². The first-order valence-electron chi connectivity index (χ1n) is 6.51. The molecule has 21 heavy (non-hydrogen) atoms. The van der Waals surface area contributed by atoms with Crippen molar-refractivity contribution in [2.75, 3.05) is 27.4 Å². The number of methoxy groups -OCH3 is 2. The van der Waals surface area contributed by atoms with E-state index in [4.69, 9.17) is 19.0 Å². The number of hydrogen-bond donors (Lipinski definition) is 2. The maximum absolute atomic E-state index is 12.0. The van der Waals surface area contributed by atoms with Crippen LogP contribution < -0.4 is 16.7 Å². The fourth-order valence-electron chi connectivity index (χ4n) is 2.95. The maximum atomic E-state index is 12.0. The van der Waals surface area contributed by atoms with Crippen molar-refractivity contribution in [3.63, 3.8) is 0 Å². The van der Waals surface area contributed by atoms with E-state index in [0.29, 0.717) is 6.54 Å². The predicted molar refractivity (Wildman–Crippen MR) is 69.7 cm³/mol. The smallest absolute Gasteiger partial charge is 0.330 e. The molecule has 0 aromatic carbocycles. The average Bonchev–Trinajstić information content (AvgIpc) is 2.61. The molecule has 0 radical (unpaired) electrons. The van der Waals surface area contributed by atoms with E-state index in [1.54, 1.807) is 14.2 Å². The van der Waals surface area contributed by atoms with E-state index in [9.17, 15) is 9.59 Å². The van der Waals surface area contributed by atoms with E-state index in [1.807, 2.05) is 0 Å². The van der Waals surface area contributed by atoms with Crippen LogP contribution in [0.4, 0.5) is 0 Å². The minimum atomic E-state index is -0.757. The molecule has 0 aliphatic carbocycles. The molecule has 2 N–H and O–H groups in total. The van der Waals surface area contributed by atoms with E-state index in [-0.39, 0.29) is 6.61 Å². The summed E-state index contributed by atoms with van der Waals surface area (Å²) < 4.78 is 18.0. The standard InChI is InChI=1S/C12H17N3O6/c1-18-6-12-5-13-21-8(9(12)19-2)10(20-12)15-4-3-7(16)14-11(15)17/h3-4,8-10,13H,5-6H2,1-2H3,(H,14,16,17)/t8?,9?,10-,12-/m1/s1. The van der Waals surface area contributed by atoms with Crippen LogP contribution in [0.5, 0.6) is 0 Å². The van der Waals surface area contributed by atoms with E-state index >= 15 is 0 Å². The van der Waals surface area contributed by atoms with Gasteiger partial charge in [-0.3, -0.25) is 19.2 Å². The first kappa shape index (κ1) is 14.4. The molecule has 2 fully saturated rings. The zero-order valence-corrected chi connectivity index (χ0v) is 11.7. The molecule has 1 aromatic heterocycles. The highest BCUT2D eigenvalue weighted by Gasteiger charge is 2.60. The van der Waals surface area contributed by atoms with Crippen LogP contribution in [0.15, 0.2) is 21.9 Å². The summed E-state index contributed by atoms with van der Waals surface area (Å²) >= 11 is 0. The number of aromatic amines is 1. The van der Waals surface area contributed by atoms with Gasteiger partial charge in [0.15, 0.2) is 12.3 Å². The van der Waals surface area contributed by atoms with E-state index < -0.39 is 35.3 Å². The number of aromatic nitrogens is 2. The second-order valence-electron chi connectivity index (χ2n) is 5.08. The Morgan fingerprint density at radius 3 is 2.95 bits per heavy atom. The Kier molecular flexibility index (Phi) is 3.68. The quantitative estimate of drug-likeness (QED) is 0.688. The summed E-state index contributed by atoms with van der Waals surface area (Å²) in [6, 6.07) is 1.26. The van der Waals surface area contributed by atoms with Crippen LogP contribution in [0.3, 0.4) is 0 Å². The molecule has 2 saturated heterocycles. The molecule has 3 rings (SSSR count). The van der Waals surface area contributed by atoms with Crippen LogP contribution in [0.1, 0.15) is 6.23 Å². The number of H-pyrrole nitrogens is 1. The number of rotatable bonds is 4. The van der Waals surface area contributed by atoms with E-state index in [0.717, 1.165) is 0 Å². The zero-order chi connectivity index (χ0) is 15.0. The number of hydrogen-bond acceptors (Lipinski definition) is 7. The Hall–Kier alpha value is -1.52. The SMILES string of the molecule is COC[C@]12CNOC(C1OC)[C@H](n1ccc(=O)[nH]c1=O)O2. The van der Waals surface area contributed by atoms with Crippen molar-refractivity contribution in [1.29, 1.82) is 0 Å². The van der Waals surface area contributed by atoms with Gasteiger partial charge < -0.3 is 14.2 Å². The monoisotopic (exact) mass is 299 g/mol. The molecule has 0 spiro atoms. The largest absolute Gasteiger partial charge is 0.382 e. The molecule has 2 aliphatic rings. The highest BCUT2D eigenvalue weighted by molar-refractivity contribution is 5.06. The van der Waals surface area contributed by atoms with Crippen LogP contribution in [-0.2, 0) is 19.0 Å². The lowest BCUT2D eigenvalue weighted by molar-refractivity contribution is -0.174. The third-order valence-electron chi connectivity index (χ3n) is 3.81. The molecule has 9 heteroatoms. The molecular formula is C12H17N3O6. The van der Waals surface area contributed by atoms with Crippen molar-refractivity contribution in [1.82, 2.24) is 15.0 Å². The Labute approximate surface area is 119 Å². The van der Waals surface area contributed by atoms with Crippen LogP contribution in [0.25, 0.3) is 0 Å². The van der Waals surface area contributed by atoms with Gasteiger partial charge in [-0.1, -0.05) is 0 Å². The van der Waals surface area contributed by atoms with Gasteiger partial charge in [0.2, 0.25) is 0 Å². The van der Waals surface area contributed by atoms with Crippen molar-refractivity contribution < 1.29 is 19.0 Å². The van der Waals surface area contributed by atoms with E-state index in [2.05, 4.69) is 10.5 Å². The van der Waals surface area contributed by atoms with Gasteiger partial charge in [-0.05, 0) is 0 Å². The number of nitrogens with zero attached hydrogens (tertiary/aromatic N) is 1. The summed E-state index contributed by atoms with van der Waals surface area (Å²) in [6.07, 6.45) is -0.280. The normalized spacial score (nSPS) is 35.0. The first-order valence-corrected chi connectivity index (χ1v) is 6.51. The summed E-state index contributed by atoms with van der Waals surface area (Å²) in [4.78, 5) is 30.8.